The van der Waals surface area contributed by atoms with E-state index in [1.165, 1.54) is 6.20 Å². The molecule has 4 unspecified atom stereocenters. The zero-order valence-electron chi connectivity index (χ0n) is 22.6. The standard InChI is InChI=1S/C20H21ClFN3O5.C7H14N2O/c1-23-9-29-8-10-5-24(6-14(10)23)18-13(22)4-12-17(16(18)21)25(11-2-3-11)7-15(19(12)26)30-20(27)28;1-9-5-10-4-6-2-8-3-7(6)9/h4,7,10-11,14H,2-3,5-6,8-9H2,1H3,(H,27,28);6-8H,2-5H2,1H3. The molecule has 0 spiro atoms. The summed E-state index contributed by atoms with van der Waals surface area (Å²) in [6.07, 6.45) is 1.51. The van der Waals surface area contributed by atoms with Crippen molar-refractivity contribution in [3.8, 4) is 5.75 Å². The zero-order chi connectivity index (χ0) is 28.1. The lowest BCUT2D eigenvalue weighted by molar-refractivity contribution is -0.0532. The van der Waals surface area contributed by atoms with Crippen LogP contribution in [0.15, 0.2) is 17.1 Å². The number of anilines is 1. The van der Waals surface area contributed by atoms with Gasteiger partial charge in [-0.25, -0.2) is 9.18 Å². The van der Waals surface area contributed by atoms with Gasteiger partial charge in [0.1, 0.15) is 5.82 Å². The molecular formula is C27H35ClFN5O6. The lowest BCUT2D eigenvalue weighted by Crippen LogP contribution is -2.45. The van der Waals surface area contributed by atoms with E-state index in [4.69, 9.17) is 26.2 Å². The third kappa shape index (κ3) is 5.17. The molecule has 1 aromatic carbocycles. The van der Waals surface area contributed by atoms with Crippen LogP contribution in [-0.2, 0) is 9.47 Å². The van der Waals surface area contributed by atoms with Gasteiger partial charge in [-0.1, -0.05) is 11.6 Å². The minimum absolute atomic E-state index is 0.0176. The molecular weight excluding hydrogens is 545 g/mol. The number of nitrogens with one attached hydrogen (secondary N) is 1. The van der Waals surface area contributed by atoms with E-state index < -0.39 is 17.4 Å². The summed E-state index contributed by atoms with van der Waals surface area (Å²) < 4.78 is 32.6. The maximum atomic E-state index is 15.3. The van der Waals surface area contributed by atoms with Crippen LogP contribution in [0.3, 0.4) is 0 Å². The van der Waals surface area contributed by atoms with Gasteiger partial charge in [0.2, 0.25) is 5.43 Å². The second-order valence-corrected chi connectivity index (χ2v) is 11.9. The van der Waals surface area contributed by atoms with Crippen LogP contribution in [0.5, 0.6) is 5.75 Å². The normalized spacial score (nSPS) is 28.6. The van der Waals surface area contributed by atoms with Crippen molar-refractivity contribution in [2.45, 2.75) is 31.0 Å². The number of carbonyl (C=O) groups is 1. The van der Waals surface area contributed by atoms with E-state index in [9.17, 15) is 9.59 Å². The molecule has 0 amide bonds. The first kappa shape index (κ1) is 27.7. The molecule has 1 saturated carbocycles. The highest BCUT2D eigenvalue weighted by Gasteiger charge is 2.40. The van der Waals surface area contributed by atoms with E-state index in [2.05, 4.69) is 26.9 Å². The molecule has 0 radical (unpaired) electrons. The Balaban J connectivity index is 0.000000242. The SMILES string of the molecule is CN1COCC2CN(c3c(F)cc4c(=O)c(OC(=O)O)cn(C5CC5)c4c3Cl)CC21.CN1COCC2CNCC21. The van der Waals surface area contributed by atoms with Crippen LogP contribution in [0.2, 0.25) is 5.02 Å². The molecule has 7 rings (SSSR count). The van der Waals surface area contributed by atoms with Crippen molar-refractivity contribution in [3.05, 3.63) is 33.3 Å². The van der Waals surface area contributed by atoms with Crippen LogP contribution in [0, 0.1) is 17.7 Å². The first-order valence-corrected chi connectivity index (χ1v) is 14.1. The van der Waals surface area contributed by atoms with Crippen LogP contribution in [0.1, 0.15) is 18.9 Å². The summed E-state index contributed by atoms with van der Waals surface area (Å²) in [6.45, 7) is 6.40. The van der Waals surface area contributed by atoms with Crippen LogP contribution < -0.4 is 20.4 Å². The first-order valence-electron chi connectivity index (χ1n) is 13.7. The van der Waals surface area contributed by atoms with Gasteiger partial charge in [0.05, 0.1) is 54.5 Å². The van der Waals surface area contributed by atoms with Gasteiger partial charge in [0, 0.05) is 56.1 Å². The van der Waals surface area contributed by atoms with E-state index >= 15 is 4.39 Å². The van der Waals surface area contributed by atoms with E-state index in [1.807, 2.05) is 11.9 Å². The largest absolute Gasteiger partial charge is 0.511 e. The lowest BCUT2D eigenvalue weighted by atomic mass is 10.0. The van der Waals surface area contributed by atoms with Crippen molar-refractivity contribution in [1.29, 1.82) is 0 Å². The number of aromatic nitrogens is 1. The van der Waals surface area contributed by atoms with Crippen LogP contribution >= 0.6 is 11.6 Å². The van der Waals surface area contributed by atoms with Crippen LogP contribution in [0.25, 0.3) is 10.9 Å². The van der Waals surface area contributed by atoms with Gasteiger partial charge in [0.25, 0.3) is 0 Å². The van der Waals surface area contributed by atoms with Gasteiger partial charge >= 0.3 is 6.16 Å². The second-order valence-electron chi connectivity index (χ2n) is 11.5. The van der Waals surface area contributed by atoms with Gasteiger partial charge in [-0.3, -0.25) is 14.6 Å². The summed E-state index contributed by atoms with van der Waals surface area (Å²) in [6, 6.07) is 2.19. The van der Waals surface area contributed by atoms with Crippen LogP contribution in [-0.4, -0.2) is 105 Å². The minimum Gasteiger partial charge on any atom is -0.449 e. The Morgan fingerprint density at radius 2 is 1.80 bits per heavy atom. The summed E-state index contributed by atoms with van der Waals surface area (Å²) in [4.78, 5) is 30.1. The summed E-state index contributed by atoms with van der Waals surface area (Å²) in [7, 11) is 4.11. The highest BCUT2D eigenvalue weighted by molar-refractivity contribution is 6.38. The fourth-order valence-corrected chi connectivity index (χ4v) is 6.91. The summed E-state index contributed by atoms with van der Waals surface area (Å²) >= 11 is 6.72. The lowest BCUT2D eigenvalue weighted by Gasteiger charge is -2.33. The summed E-state index contributed by atoms with van der Waals surface area (Å²) in [5.74, 6) is 0.0170. The monoisotopic (exact) mass is 579 g/mol. The Labute approximate surface area is 236 Å². The molecule has 0 bridgehead atoms. The number of likely N-dealkylation sites (N-methyl/N-ethyl adjacent to an activating group) is 2. The number of halogens is 2. The molecule has 5 heterocycles. The maximum Gasteiger partial charge on any atom is 0.511 e. The van der Waals surface area contributed by atoms with Gasteiger partial charge < -0.3 is 34.1 Å². The average Bonchev–Trinajstić information content (AvgIpc) is 3.47. The van der Waals surface area contributed by atoms with E-state index in [0.29, 0.717) is 31.9 Å². The predicted molar refractivity (Wildman–Crippen MR) is 147 cm³/mol. The van der Waals surface area contributed by atoms with Crippen molar-refractivity contribution >= 4 is 34.3 Å². The van der Waals surface area contributed by atoms with Crippen molar-refractivity contribution in [3.63, 3.8) is 0 Å². The number of pyridine rings is 1. The van der Waals surface area contributed by atoms with E-state index in [-0.39, 0.29) is 39.8 Å². The average molecular weight is 580 g/mol. The molecule has 4 atom stereocenters. The molecule has 2 N–H and O–H groups in total. The third-order valence-electron chi connectivity index (χ3n) is 8.70. The molecule has 218 valence electrons. The number of carboxylic acid groups (broad SMARTS) is 1. The van der Waals surface area contributed by atoms with E-state index in [1.54, 1.807) is 4.57 Å². The Morgan fingerprint density at radius 1 is 1.10 bits per heavy atom. The fraction of sp³-hybridized carbons (Fsp3) is 0.630. The highest BCUT2D eigenvalue weighted by Crippen LogP contribution is 2.44. The summed E-state index contributed by atoms with van der Waals surface area (Å²) in [5.41, 5.74) is -0.00896. The molecule has 4 aliphatic heterocycles. The summed E-state index contributed by atoms with van der Waals surface area (Å²) in [5, 5.41) is 12.5. The van der Waals surface area contributed by atoms with Crippen LogP contribution in [0.4, 0.5) is 14.9 Å². The van der Waals surface area contributed by atoms with Gasteiger partial charge in [0.15, 0.2) is 5.75 Å². The van der Waals surface area contributed by atoms with Gasteiger partial charge in [-0.2, -0.15) is 0 Å². The molecule has 13 heteroatoms. The number of fused-ring (bicyclic) bond motifs is 3. The number of ether oxygens (including phenoxy) is 3. The number of benzene rings is 1. The molecule has 1 aliphatic carbocycles. The molecule has 4 saturated heterocycles. The molecule has 2 aromatic rings. The molecule has 40 heavy (non-hydrogen) atoms. The second kappa shape index (κ2) is 11.1. The fourth-order valence-electron chi connectivity index (χ4n) is 6.50. The number of hydrogen-bond acceptors (Lipinski definition) is 9. The zero-order valence-corrected chi connectivity index (χ0v) is 23.4. The third-order valence-corrected chi connectivity index (χ3v) is 9.06. The smallest absolute Gasteiger partial charge is 0.449 e. The Morgan fingerprint density at radius 3 is 2.45 bits per heavy atom. The molecule has 5 fully saturated rings. The molecule has 1 aromatic heterocycles. The van der Waals surface area contributed by atoms with Crippen molar-refractivity contribution in [2.75, 3.05) is 71.8 Å². The van der Waals surface area contributed by atoms with Crippen molar-refractivity contribution in [1.82, 2.24) is 19.7 Å². The molecule has 11 nitrogen and oxygen atoms in total. The Bertz CT molecular complexity index is 1360. The van der Waals surface area contributed by atoms with Gasteiger partial charge in [-0.05, 0) is 33.0 Å². The Kier molecular flexibility index (Phi) is 7.66. The molecule has 5 aliphatic rings. The highest BCUT2D eigenvalue weighted by atomic mass is 35.5. The number of hydrogen-bond donors (Lipinski definition) is 2. The van der Waals surface area contributed by atoms with E-state index in [0.717, 1.165) is 57.3 Å². The number of rotatable bonds is 3. The van der Waals surface area contributed by atoms with Crippen molar-refractivity contribution < 1.29 is 28.5 Å². The van der Waals surface area contributed by atoms with Gasteiger partial charge in [-0.15, -0.1) is 0 Å². The van der Waals surface area contributed by atoms with Crippen molar-refractivity contribution in [2.24, 2.45) is 11.8 Å². The topological polar surface area (TPSA) is 109 Å². The first-order chi connectivity index (χ1) is 19.2. The number of nitrogens with zero attached hydrogens (tertiary/aromatic N) is 4. The Hall–Kier alpha value is -2.48. The predicted octanol–water partition coefficient (Wildman–Crippen LogP) is 2.40. The quantitative estimate of drug-likeness (QED) is 0.526. The minimum atomic E-state index is -1.59. The maximum absolute atomic E-state index is 15.3.